The van der Waals surface area contributed by atoms with Crippen molar-refractivity contribution in [1.82, 2.24) is 4.90 Å². The normalized spacial score (nSPS) is 17.1. The monoisotopic (exact) mass is 323 g/mol. The molecule has 1 amide bonds. The molecule has 0 aliphatic carbocycles. The van der Waals surface area contributed by atoms with Gasteiger partial charge in [-0.2, -0.15) is 0 Å². The fraction of sp³-hybridized carbons (Fsp3) is 0.381. The van der Waals surface area contributed by atoms with E-state index in [1.165, 1.54) is 11.1 Å². The number of carbonyl (C=O) groups excluding carboxylic acids is 1. The van der Waals surface area contributed by atoms with Crippen LogP contribution in [0.4, 0.5) is 0 Å². The van der Waals surface area contributed by atoms with Crippen LogP contribution in [0.25, 0.3) is 0 Å². The van der Waals surface area contributed by atoms with E-state index in [-0.39, 0.29) is 5.91 Å². The number of nitrogens with zero attached hydrogens (tertiary/aromatic N) is 1. The standard InChI is InChI=1S/C21H25NO2/c1-15-5-4-6-20(16(15)2)21(23)22-12-11-18(14-22)13-17-7-9-19(24-3)10-8-17/h4-10,18H,11-14H2,1-3H3. The van der Waals surface area contributed by atoms with Crippen LogP contribution < -0.4 is 4.74 Å². The number of carbonyl (C=O) groups is 1. The minimum Gasteiger partial charge on any atom is -0.497 e. The number of methoxy groups -OCH3 is 1. The zero-order valence-electron chi connectivity index (χ0n) is 14.7. The van der Waals surface area contributed by atoms with Crippen LogP contribution in [-0.2, 0) is 6.42 Å². The van der Waals surface area contributed by atoms with Gasteiger partial charge in [0.2, 0.25) is 0 Å². The van der Waals surface area contributed by atoms with E-state index in [9.17, 15) is 4.79 Å². The maximum Gasteiger partial charge on any atom is 0.254 e. The Morgan fingerprint density at radius 3 is 2.62 bits per heavy atom. The number of hydrogen-bond donors (Lipinski definition) is 0. The van der Waals surface area contributed by atoms with Crippen molar-refractivity contribution in [2.24, 2.45) is 5.92 Å². The summed E-state index contributed by atoms with van der Waals surface area (Å²) in [6.45, 7) is 5.79. The Kier molecular flexibility index (Phi) is 4.89. The summed E-state index contributed by atoms with van der Waals surface area (Å²) < 4.78 is 5.20. The fourth-order valence-electron chi connectivity index (χ4n) is 3.43. The smallest absolute Gasteiger partial charge is 0.254 e. The summed E-state index contributed by atoms with van der Waals surface area (Å²) in [5.41, 5.74) is 4.43. The summed E-state index contributed by atoms with van der Waals surface area (Å²) in [5, 5.41) is 0. The van der Waals surface area contributed by atoms with E-state index in [0.29, 0.717) is 5.92 Å². The van der Waals surface area contributed by atoms with Gasteiger partial charge >= 0.3 is 0 Å². The molecule has 0 N–H and O–H groups in total. The third kappa shape index (κ3) is 3.45. The molecule has 3 rings (SSSR count). The van der Waals surface area contributed by atoms with Gasteiger partial charge in [0.15, 0.2) is 0 Å². The maximum atomic E-state index is 12.8. The molecule has 0 spiro atoms. The number of aryl methyl sites for hydroxylation is 1. The lowest BCUT2D eigenvalue weighted by molar-refractivity contribution is 0.0786. The average molecular weight is 323 g/mol. The van der Waals surface area contributed by atoms with Crippen molar-refractivity contribution in [1.29, 1.82) is 0 Å². The van der Waals surface area contributed by atoms with Gasteiger partial charge in [-0.05, 0) is 67.5 Å². The Labute approximate surface area is 144 Å². The number of benzene rings is 2. The lowest BCUT2D eigenvalue weighted by atomic mass is 9.98. The SMILES string of the molecule is COc1ccc(CC2CCN(C(=O)c3cccc(C)c3C)C2)cc1. The Balaban J connectivity index is 1.64. The van der Waals surface area contributed by atoms with Crippen molar-refractivity contribution in [3.8, 4) is 5.75 Å². The van der Waals surface area contributed by atoms with Crippen LogP contribution in [0.15, 0.2) is 42.5 Å². The molecule has 0 saturated carbocycles. The Hall–Kier alpha value is -2.29. The minimum atomic E-state index is 0.174. The lowest BCUT2D eigenvalue weighted by Gasteiger charge is -2.18. The van der Waals surface area contributed by atoms with Crippen LogP contribution in [0.3, 0.4) is 0 Å². The van der Waals surface area contributed by atoms with Crippen LogP contribution in [0.5, 0.6) is 5.75 Å². The van der Waals surface area contributed by atoms with Crippen molar-refractivity contribution in [3.63, 3.8) is 0 Å². The number of ether oxygens (including phenoxy) is 1. The molecular formula is C21H25NO2. The highest BCUT2D eigenvalue weighted by molar-refractivity contribution is 5.96. The highest BCUT2D eigenvalue weighted by Gasteiger charge is 2.27. The van der Waals surface area contributed by atoms with Crippen molar-refractivity contribution in [2.45, 2.75) is 26.7 Å². The second-order valence-corrected chi connectivity index (χ2v) is 6.71. The Bertz CT molecular complexity index is 721. The largest absolute Gasteiger partial charge is 0.497 e. The van der Waals surface area contributed by atoms with Gasteiger partial charge in [0.1, 0.15) is 5.75 Å². The third-order valence-electron chi connectivity index (χ3n) is 5.09. The molecule has 3 nitrogen and oxygen atoms in total. The molecule has 1 aliphatic heterocycles. The van der Waals surface area contributed by atoms with E-state index < -0.39 is 0 Å². The topological polar surface area (TPSA) is 29.5 Å². The first-order valence-corrected chi connectivity index (χ1v) is 8.57. The first-order valence-electron chi connectivity index (χ1n) is 8.57. The van der Waals surface area contributed by atoms with Crippen LogP contribution in [0.2, 0.25) is 0 Å². The van der Waals surface area contributed by atoms with Crippen molar-refractivity contribution in [2.75, 3.05) is 20.2 Å². The van der Waals surface area contributed by atoms with Crippen molar-refractivity contribution in [3.05, 3.63) is 64.7 Å². The van der Waals surface area contributed by atoms with E-state index in [4.69, 9.17) is 4.74 Å². The van der Waals surface area contributed by atoms with Crippen LogP contribution in [0.1, 0.15) is 33.5 Å². The van der Waals surface area contributed by atoms with Gasteiger partial charge in [0.25, 0.3) is 5.91 Å². The first-order chi connectivity index (χ1) is 11.6. The first kappa shape index (κ1) is 16.6. The molecule has 1 saturated heterocycles. The average Bonchev–Trinajstić information content (AvgIpc) is 3.06. The fourth-order valence-corrected chi connectivity index (χ4v) is 3.43. The van der Waals surface area contributed by atoms with E-state index in [1.807, 2.05) is 36.1 Å². The summed E-state index contributed by atoms with van der Waals surface area (Å²) in [6, 6.07) is 14.2. The molecule has 1 heterocycles. The molecule has 0 aromatic heterocycles. The lowest BCUT2D eigenvalue weighted by Crippen LogP contribution is -2.29. The summed E-state index contributed by atoms with van der Waals surface area (Å²) in [5.74, 6) is 1.60. The van der Waals surface area contributed by atoms with Gasteiger partial charge in [0, 0.05) is 18.7 Å². The van der Waals surface area contributed by atoms with E-state index in [0.717, 1.165) is 42.8 Å². The van der Waals surface area contributed by atoms with Crippen molar-refractivity contribution < 1.29 is 9.53 Å². The minimum absolute atomic E-state index is 0.174. The predicted octanol–water partition coefficient (Wildman–Crippen LogP) is 4.02. The van der Waals surface area contributed by atoms with Gasteiger partial charge < -0.3 is 9.64 Å². The van der Waals surface area contributed by atoms with E-state index in [1.54, 1.807) is 7.11 Å². The molecule has 1 unspecified atom stereocenters. The van der Waals surface area contributed by atoms with Crippen LogP contribution in [-0.4, -0.2) is 31.0 Å². The number of rotatable bonds is 4. The number of hydrogen-bond acceptors (Lipinski definition) is 2. The number of amides is 1. The predicted molar refractivity (Wildman–Crippen MR) is 96.6 cm³/mol. The van der Waals surface area contributed by atoms with Gasteiger partial charge in [-0.1, -0.05) is 24.3 Å². The molecule has 2 aromatic rings. The summed E-state index contributed by atoms with van der Waals surface area (Å²) >= 11 is 0. The summed E-state index contributed by atoms with van der Waals surface area (Å²) in [7, 11) is 1.68. The third-order valence-corrected chi connectivity index (χ3v) is 5.09. The molecule has 1 fully saturated rings. The number of likely N-dealkylation sites (tertiary alicyclic amines) is 1. The van der Waals surface area contributed by atoms with Crippen LogP contribution in [0, 0.1) is 19.8 Å². The molecule has 0 bridgehead atoms. The zero-order chi connectivity index (χ0) is 17.1. The molecule has 24 heavy (non-hydrogen) atoms. The highest BCUT2D eigenvalue weighted by Crippen LogP contribution is 2.25. The molecule has 2 aromatic carbocycles. The van der Waals surface area contributed by atoms with Crippen molar-refractivity contribution >= 4 is 5.91 Å². The zero-order valence-corrected chi connectivity index (χ0v) is 14.7. The highest BCUT2D eigenvalue weighted by atomic mass is 16.5. The summed E-state index contributed by atoms with van der Waals surface area (Å²) in [6.07, 6.45) is 2.09. The molecule has 1 aliphatic rings. The van der Waals surface area contributed by atoms with Gasteiger partial charge in [-0.25, -0.2) is 0 Å². The summed E-state index contributed by atoms with van der Waals surface area (Å²) in [4.78, 5) is 14.8. The van der Waals surface area contributed by atoms with Crippen LogP contribution >= 0.6 is 0 Å². The molecule has 3 heteroatoms. The second kappa shape index (κ2) is 7.08. The second-order valence-electron chi connectivity index (χ2n) is 6.71. The van der Waals surface area contributed by atoms with Gasteiger partial charge in [0.05, 0.1) is 7.11 Å². The maximum absolute atomic E-state index is 12.8. The van der Waals surface area contributed by atoms with E-state index >= 15 is 0 Å². The Morgan fingerprint density at radius 1 is 1.17 bits per heavy atom. The molecule has 126 valence electrons. The van der Waals surface area contributed by atoms with E-state index in [2.05, 4.69) is 25.1 Å². The molecule has 1 atom stereocenters. The van der Waals surface area contributed by atoms with Gasteiger partial charge in [-0.15, -0.1) is 0 Å². The Morgan fingerprint density at radius 2 is 1.92 bits per heavy atom. The molecular weight excluding hydrogens is 298 g/mol. The quantitative estimate of drug-likeness (QED) is 0.850. The van der Waals surface area contributed by atoms with Gasteiger partial charge in [-0.3, -0.25) is 4.79 Å². The molecule has 0 radical (unpaired) electrons.